The van der Waals surface area contributed by atoms with Crippen molar-refractivity contribution in [1.29, 1.82) is 0 Å². The molecule has 0 aliphatic heterocycles. The number of halogens is 1. The molecule has 8 heteroatoms. The van der Waals surface area contributed by atoms with E-state index in [1.54, 1.807) is 56.7 Å². The molecule has 150 valence electrons. The second-order valence-corrected chi connectivity index (χ2v) is 6.70. The maximum atomic E-state index is 12.4. The molecule has 0 radical (unpaired) electrons. The summed E-state index contributed by atoms with van der Waals surface area (Å²) in [6.07, 6.45) is 0. The van der Waals surface area contributed by atoms with Crippen LogP contribution in [-0.4, -0.2) is 29.9 Å². The molecule has 1 amide bonds. The summed E-state index contributed by atoms with van der Waals surface area (Å²) < 4.78 is 11.7. The van der Waals surface area contributed by atoms with Gasteiger partial charge in [-0.15, -0.1) is 0 Å². The fourth-order valence-corrected chi connectivity index (χ4v) is 2.91. The molecule has 0 spiro atoms. The first kappa shape index (κ1) is 20.4. The highest BCUT2D eigenvalue weighted by Gasteiger charge is 2.13. The van der Waals surface area contributed by atoms with E-state index in [1.165, 1.54) is 6.07 Å². The van der Waals surface area contributed by atoms with Crippen molar-refractivity contribution in [3.05, 3.63) is 69.5 Å². The normalized spacial score (nSPS) is 10.5. The van der Waals surface area contributed by atoms with Gasteiger partial charge in [-0.2, -0.15) is 5.10 Å². The monoisotopic (exact) mass is 413 g/mol. The smallest absolute Gasteiger partial charge is 0.267 e. The zero-order valence-electron chi connectivity index (χ0n) is 16.2. The largest absolute Gasteiger partial charge is 0.497 e. The molecular formula is C21H20ClN3O4. The number of benzene rings is 2. The molecule has 7 nitrogen and oxygen atoms in total. The summed E-state index contributed by atoms with van der Waals surface area (Å²) in [5.41, 5.74) is 2.18. The van der Waals surface area contributed by atoms with Gasteiger partial charge in [0.2, 0.25) is 5.91 Å². The Morgan fingerprint density at radius 1 is 1.10 bits per heavy atom. The minimum Gasteiger partial charge on any atom is -0.497 e. The third-order valence-electron chi connectivity index (χ3n) is 4.30. The predicted octanol–water partition coefficient (Wildman–Crippen LogP) is 3.53. The lowest BCUT2D eigenvalue weighted by molar-refractivity contribution is -0.117. The van der Waals surface area contributed by atoms with E-state index < -0.39 is 11.5 Å². The number of aryl methyl sites for hydroxylation is 1. The summed E-state index contributed by atoms with van der Waals surface area (Å²) in [7, 11) is 3.10. The fourth-order valence-electron chi connectivity index (χ4n) is 2.73. The molecule has 0 bridgehead atoms. The number of nitrogens with one attached hydrogen (secondary N) is 1. The van der Waals surface area contributed by atoms with Crippen LogP contribution in [0, 0.1) is 6.92 Å². The Morgan fingerprint density at radius 2 is 1.90 bits per heavy atom. The number of rotatable bonds is 6. The molecule has 29 heavy (non-hydrogen) atoms. The van der Waals surface area contributed by atoms with Gasteiger partial charge in [-0.25, -0.2) is 4.68 Å². The first-order chi connectivity index (χ1) is 13.9. The number of methoxy groups -OCH3 is 2. The van der Waals surface area contributed by atoms with Gasteiger partial charge in [-0.3, -0.25) is 9.59 Å². The van der Waals surface area contributed by atoms with Crippen LogP contribution in [0.25, 0.3) is 11.3 Å². The number of amides is 1. The fraction of sp³-hybridized carbons (Fsp3) is 0.190. The van der Waals surface area contributed by atoms with Crippen LogP contribution in [0.1, 0.15) is 5.56 Å². The van der Waals surface area contributed by atoms with Crippen LogP contribution >= 0.6 is 11.6 Å². The molecule has 0 unspecified atom stereocenters. The molecule has 1 heterocycles. The highest BCUT2D eigenvalue weighted by molar-refractivity contribution is 6.31. The van der Waals surface area contributed by atoms with Crippen molar-refractivity contribution in [2.24, 2.45) is 0 Å². The average Bonchev–Trinajstić information content (AvgIpc) is 2.72. The molecule has 3 rings (SSSR count). The van der Waals surface area contributed by atoms with Crippen molar-refractivity contribution in [3.63, 3.8) is 0 Å². The lowest BCUT2D eigenvalue weighted by Crippen LogP contribution is -2.29. The number of hydrogen-bond donors (Lipinski definition) is 1. The summed E-state index contributed by atoms with van der Waals surface area (Å²) in [6, 6.07) is 13.4. The van der Waals surface area contributed by atoms with Gasteiger partial charge in [-0.1, -0.05) is 17.7 Å². The van der Waals surface area contributed by atoms with E-state index in [0.29, 0.717) is 33.5 Å². The first-order valence-corrected chi connectivity index (χ1v) is 9.15. The van der Waals surface area contributed by atoms with E-state index in [1.807, 2.05) is 6.92 Å². The third kappa shape index (κ3) is 4.75. The van der Waals surface area contributed by atoms with Gasteiger partial charge in [0.05, 0.1) is 19.9 Å². The van der Waals surface area contributed by atoms with Crippen LogP contribution in [0.5, 0.6) is 11.5 Å². The Hall–Kier alpha value is -3.32. The molecule has 1 aromatic heterocycles. The number of nitrogens with zero attached hydrogens (tertiary/aromatic N) is 2. The van der Waals surface area contributed by atoms with Gasteiger partial charge >= 0.3 is 0 Å². The number of ether oxygens (including phenoxy) is 2. The second kappa shape index (κ2) is 8.79. The number of anilines is 1. The quantitative estimate of drug-likeness (QED) is 0.668. The van der Waals surface area contributed by atoms with E-state index in [4.69, 9.17) is 21.1 Å². The van der Waals surface area contributed by atoms with Gasteiger partial charge in [0, 0.05) is 22.3 Å². The van der Waals surface area contributed by atoms with Crippen molar-refractivity contribution in [2.75, 3.05) is 19.5 Å². The summed E-state index contributed by atoms with van der Waals surface area (Å²) in [5.74, 6) is 0.797. The van der Waals surface area contributed by atoms with Crippen molar-refractivity contribution in [3.8, 4) is 22.8 Å². The van der Waals surface area contributed by atoms with E-state index >= 15 is 0 Å². The molecule has 2 aromatic carbocycles. The zero-order valence-corrected chi connectivity index (χ0v) is 17.0. The Balaban J connectivity index is 1.87. The Kier molecular flexibility index (Phi) is 6.19. The highest BCUT2D eigenvalue weighted by Crippen LogP contribution is 2.31. The number of carbonyl (C=O) groups is 1. The molecule has 0 atom stereocenters. The maximum Gasteiger partial charge on any atom is 0.267 e. The molecule has 0 aliphatic carbocycles. The molecule has 0 saturated carbocycles. The topological polar surface area (TPSA) is 82.5 Å². The van der Waals surface area contributed by atoms with E-state index in [0.717, 1.165) is 10.2 Å². The van der Waals surface area contributed by atoms with E-state index in [-0.39, 0.29) is 6.54 Å². The molecule has 0 fully saturated rings. The first-order valence-electron chi connectivity index (χ1n) is 8.78. The second-order valence-electron chi connectivity index (χ2n) is 6.29. The highest BCUT2D eigenvalue weighted by atomic mass is 35.5. The Labute approximate surface area is 172 Å². The van der Waals surface area contributed by atoms with Crippen LogP contribution in [0.2, 0.25) is 5.02 Å². The van der Waals surface area contributed by atoms with E-state index in [9.17, 15) is 9.59 Å². The van der Waals surface area contributed by atoms with E-state index in [2.05, 4.69) is 10.4 Å². The zero-order chi connectivity index (χ0) is 21.0. The predicted molar refractivity (Wildman–Crippen MR) is 112 cm³/mol. The van der Waals surface area contributed by atoms with Crippen molar-refractivity contribution < 1.29 is 14.3 Å². The summed E-state index contributed by atoms with van der Waals surface area (Å²) in [5, 5.41) is 7.59. The Morgan fingerprint density at radius 3 is 2.59 bits per heavy atom. The van der Waals surface area contributed by atoms with Crippen molar-refractivity contribution in [1.82, 2.24) is 9.78 Å². The molecule has 0 aliphatic rings. The average molecular weight is 414 g/mol. The van der Waals surface area contributed by atoms with Crippen LogP contribution in [0.4, 0.5) is 5.69 Å². The van der Waals surface area contributed by atoms with Gasteiger partial charge in [-0.05, 0) is 48.9 Å². The van der Waals surface area contributed by atoms with Crippen LogP contribution in [0.3, 0.4) is 0 Å². The van der Waals surface area contributed by atoms with Gasteiger partial charge in [0.1, 0.15) is 18.0 Å². The molecule has 1 N–H and O–H groups in total. The van der Waals surface area contributed by atoms with Gasteiger partial charge < -0.3 is 14.8 Å². The number of aromatic nitrogens is 2. The van der Waals surface area contributed by atoms with Gasteiger partial charge in [0.25, 0.3) is 5.56 Å². The lowest BCUT2D eigenvalue weighted by atomic mass is 10.1. The summed E-state index contributed by atoms with van der Waals surface area (Å²) in [4.78, 5) is 24.6. The van der Waals surface area contributed by atoms with Crippen molar-refractivity contribution in [2.45, 2.75) is 13.5 Å². The number of hydrogen-bond acceptors (Lipinski definition) is 5. The van der Waals surface area contributed by atoms with Crippen LogP contribution < -0.4 is 20.3 Å². The Bertz CT molecular complexity index is 1110. The SMILES string of the molecule is COc1ccc(OC)c(-c2ccc(=O)n(CC(=O)Nc3ccc(C)c(Cl)c3)n2)c1. The molecular weight excluding hydrogens is 394 g/mol. The van der Waals surface area contributed by atoms with Crippen molar-refractivity contribution >= 4 is 23.2 Å². The van der Waals surface area contributed by atoms with Crippen LogP contribution in [-0.2, 0) is 11.3 Å². The minimum absolute atomic E-state index is 0.246. The number of carbonyl (C=O) groups excluding carboxylic acids is 1. The maximum absolute atomic E-state index is 12.4. The van der Waals surface area contributed by atoms with Crippen LogP contribution in [0.15, 0.2) is 53.3 Å². The summed E-state index contributed by atoms with van der Waals surface area (Å²) in [6.45, 7) is 1.63. The summed E-state index contributed by atoms with van der Waals surface area (Å²) >= 11 is 6.08. The lowest BCUT2D eigenvalue weighted by Gasteiger charge is -2.12. The molecule has 0 saturated heterocycles. The third-order valence-corrected chi connectivity index (χ3v) is 4.71. The standard InChI is InChI=1S/C21H20ClN3O4/c1-13-4-5-14(10-17(13)22)23-20(26)12-25-21(27)9-7-18(24-25)16-11-15(28-2)6-8-19(16)29-3/h4-11H,12H2,1-3H3,(H,23,26). The molecule has 3 aromatic rings. The van der Waals surface area contributed by atoms with Gasteiger partial charge in [0.15, 0.2) is 0 Å². The minimum atomic E-state index is -0.396.